The van der Waals surface area contributed by atoms with E-state index in [-0.39, 0.29) is 30.4 Å². The molecule has 2 atom stereocenters. The van der Waals surface area contributed by atoms with Gasteiger partial charge in [-0.1, -0.05) is 48.5 Å². The molecule has 29 heavy (non-hydrogen) atoms. The van der Waals surface area contributed by atoms with Gasteiger partial charge in [-0.2, -0.15) is 5.10 Å². The number of benzene rings is 2. The fourth-order valence-corrected chi connectivity index (χ4v) is 4.43. The van der Waals surface area contributed by atoms with Crippen LogP contribution in [0.2, 0.25) is 0 Å². The van der Waals surface area contributed by atoms with Gasteiger partial charge in [-0.3, -0.25) is 9.59 Å². The van der Waals surface area contributed by atoms with Crippen LogP contribution >= 0.6 is 12.4 Å². The fourth-order valence-electron chi connectivity index (χ4n) is 4.43. The Morgan fingerprint density at radius 3 is 2.52 bits per heavy atom. The van der Waals surface area contributed by atoms with Gasteiger partial charge in [0.05, 0.1) is 11.1 Å². The SMILES string of the molecule is Cl.O=C(Cn1nc(-c2ccccc2)c2ccccc2c1=O)N1C[C@@H]2CCN[C@@H]2C1. The van der Waals surface area contributed by atoms with Crippen molar-refractivity contribution in [2.24, 2.45) is 5.92 Å². The van der Waals surface area contributed by atoms with Gasteiger partial charge in [0.25, 0.3) is 5.56 Å². The second kappa shape index (κ2) is 7.97. The zero-order valence-corrected chi connectivity index (χ0v) is 16.8. The number of nitrogens with zero attached hydrogens (tertiary/aromatic N) is 3. The van der Waals surface area contributed by atoms with Crippen LogP contribution in [0.1, 0.15) is 6.42 Å². The highest BCUT2D eigenvalue weighted by Gasteiger charge is 2.37. The summed E-state index contributed by atoms with van der Waals surface area (Å²) in [6.07, 6.45) is 1.11. The van der Waals surface area contributed by atoms with Crippen LogP contribution < -0.4 is 10.9 Å². The van der Waals surface area contributed by atoms with E-state index in [1.165, 1.54) is 4.68 Å². The molecule has 3 heterocycles. The Labute approximate surface area is 174 Å². The van der Waals surface area contributed by atoms with Crippen molar-refractivity contribution in [2.75, 3.05) is 19.6 Å². The predicted octanol–water partition coefficient (Wildman–Crippen LogP) is 2.31. The van der Waals surface area contributed by atoms with E-state index in [9.17, 15) is 9.59 Å². The normalized spacial score (nSPS) is 20.5. The Balaban J connectivity index is 0.00000205. The van der Waals surface area contributed by atoms with Gasteiger partial charge in [-0.05, 0) is 24.9 Å². The zero-order chi connectivity index (χ0) is 19.1. The van der Waals surface area contributed by atoms with E-state index in [0.29, 0.717) is 17.3 Å². The number of amides is 1. The molecule has 2 aromatic carbocycles. The lowest BCUT2D eigenvalue weighted by Crippen LogP contribution is -2.38. The third-order valence-corrected chi connectivity index (χ3v) is 5.92. The number of hydrogen-bond acceptors (Lipinski definition) is 4. The maximum atomic E-state index is 13.0. The molecule has 3 aromatic rings. The van der Waals surface area contributed by atoms with Crippen molar-refractivity contribution in [1.29, 1.82) is 0 Å². The molecule has 7 heteroatoms. The van der Waals surface area contributed by atoms with Gasteiger partial charge in [-0.15, -0.1) is 12.4 Å². The number of fused-ring (bicyclic) bond motifs is 2. The number of likely N-dealkylation sites (tertiary alicyclic amines) is 1. The molecule has 0 bridgehead atoms. The van der Waals surface area contributed by atoms with Crippen LogP contribution in [-0.4, -0.2) is 46.3 Å². The van der Waals surface area contributed by atoms with Crippen LogP contribution in [0.25, 0.3) is 22.0 Å². The van der Waals surface area contributed by atoms with Crippen LogP contribution in [0.15, 0.2) is 59.4 Å². The Morgan fingerprint density at radius 2 is 1.76 bits per heavy atom. The number of rotatable bonds is 3. The Hall–Kier alpha value is -2.70. The number of halogens is 1. The lowest BCUT2D eigenvalue weighted by atomic mass is 10.1. The molecular weight excluding hydrogens is 388 g/mol. The molecule has 1 amide bonds. The van der Waals surface area contributed by atoms with E-state index in [2.05, 4.69) is 10.4 Å². The van der Waals surface area contributed by atoms with Crippen molar-refractivity contribution < 1.29 is 4.79 Å². The van der Waals surface area contributed by atoms with Crippen molar-refractivity contribution in [3.05, 3.63) is 65.0 Å². The molecule has 150 valence electrons. The van der Waals surface area contributed by atoms with Crippen molar-refractivity contribution in [1.82, 2.24) is 20.0 Å². The molecule has 6 nitrogen and oxygen atoms in total. The number of hydrogen-bond donors (Lipinski definition) is 1. The summed E-state index contributed by atoms with van der Waals surface area (Å²) in [6, 6.07) is 17.6. The van der Waals surface area contributed by atoms with Gasteiger partial charge < -0.3 is 10.2 Å². The maximum Gasteiger partial charge on any atom is 0.275 e. The van der Waals surface area contributed by atoms with Gasteiger partial charge in [0, 0.05) is 30.1 Å². The topological polar surface area (TPSA) is 67.2 Å². The minimum Gasteiger partial charge on any atom is -0.339 e. The highest BCUT2D eigenvalue weighted by molar-refractivity contribution is 5.93. The standard InChI is InChI=1S/C22H22N4O2.ClH/c27-20(25-12-16-10-11-23-19(16)13-25)14-26-22(28)18-9-5-4-8-17(18)21(24-26)15-6-2-1-3-7-15;/h1-9,16,19,23H,10-14H2;1H/t16-,19+;/m0./s1. The van der Waals surface area contributed by atoms with Crippen LogP contribution in [0.4, 0.5) is 0 Å². The summed E-state index contributed by atoms with van der Waals surface area (Å²) in [7, 11) is 0. The largest absolute Gasteiger partial charge is 0.339 e. The number of carbonyl (C=O) groups is 1. The summed E-state index contributed by atoms with van der Waals surface area (Å²) in [4.78, 5) is 27.7. The van der Waals surface area contributed by atoms with Crippen molar-refractivity contribution in [2.45, 2.75) is 19.0 Å². The van der Waals surface area contributed by atoms with Crippen LogP contribution in [0.5, 0.6) is 0 Å². The molecule has 5 rings (SSSR count). The second-order valence-electron chi connectivity index (χ2n) is 7.63. The monoisotopic (exact) mass is 410 g/mol. The van der Waals surface area contributed by atoms with E-state index in [1.54, 1.807) is 6.07 Å². The minimum absolute atomic E-state index is 0. The second-order valence-corrected chi connectivity index (χ2v) is 7.63. The fraction of sp³-hybridized carbons (Fsp3) is 0.318. The molecule has 0 aliphatic carbocycles. The predicted molar refractivity (Wildman–Crippen MR) is 115 cm³/mol. The Morgan fingerprint density at radius 1 is 1.03 bits per heavy atom. The highest BCUT2D eigenvalue weighted by atomic mass is 35.5. The molecule has 0 spiro atoms. The van der Waals surface area contributed by atoms with Gasteiger partial charge in [-0.25, -0.2) is 4.68 Å². The minimum atomic E-state index is -0.221. The van der Waals surface area contributed by atoms with E-state index in [4.69, 9.17) is 0 Å². The average molecular weight is 411 g/mol. The lowest BCUT2D eigenvalue weighted by molar-refractivity contribution is -0.131. The van der Waals surface area contributed by atoms with Gasteiger partial charge >= 0.3 is 0 Å². The summed E-state index contributed by atoms with van der Waals surface area (Å²) < 4.78 is 1.33. The van der Waals surface area contributed by atoms with Crippen LogP contribution in [-0.2, 0) is 11.3 Å². The Bertz CT molecular complexity index is 1090. The summed E-state index contributed by atoms with van der Waals surface area (Å²) in [5.74, 6) is 0.491. The number of nitrogens with one attached hydrogen (secondary N) is 1. The smallest absolute Gasteiger partial charge is 0.275 e. The van der Waals surface area contributed by atoms with E-state index in [0.717, 1.165) is 42.7 Å². The number of carbonyl (C=O) groups excluding carboxylic acids is 1. The maximum absolute atomic E-state index is 13.0. The molecule has 0 unspecified atom stereocenters. The van der Waals surface area contributed by atoms with Gasteiger partial charge in [0.15, 0.2) is 0 Å². The molecule has 1 N–H and O–H groups in total. The van der Waals surface area contributed by atoms with Crippen molar-refractivity contribution >= 4 is 29.1 Å². The van der Waals surface area contributed by atoms with E-state index >= 15 is 0 Å². The summed E-state index contributed by atoms with van der Waals surface area (Å²) >= 11 is 0. The first-order valence-corrected chi connectivity index (χ1v) is 9.77. The third-order valence-electron chi connectivity index (χ3n) is 5.92. The van der Waals surface area contributed by atoms with Crippen LogP contribution in [0.3, 0.4) is 0 Å². The molecule has 2 saturated heterocycles. The molecule has 2 fully saturated rings. The van der Waals surface area contributed by atoms with Gasteiger partial charge in [0.1, 0.15) is 6.54 Å². The first-order valence-electron chi connectivity index (χ1n) is 9.77. The van der Waals surface area contributed by atoms with E-state index < -0.39 is 0 Å². The zero-order valence-electron chi connectivity index (χ0n) is 16.0. The molecule has 1 aromatic heterocycles. The summed E-state index contributed by atoms with van der Waals surface area (Å²) in [6.45, 7) is 2.49. The van der Waals surface area contributed by atoms with Crippen molar-refractivity contribution in [3.8, 4) is 11.3 Å². The average Bonchev–Trinajstić information content (AvgIpc) is 3.33. The molecule has 2 aliphatic heterocycles. The van der Waals surface area contributed by atoms with Crippen molar-refractivity contribution in [3.63, 3.8) is 0 Å². The quantitative estimate of drug-likeness (QED) is 0.719. The summed E-state index contributed by atoms with van der Waals surface area (Å²) in [5, 5.41) is 9.45. The molecule has 2 aliphatic rings. The number of aromatic nitrogens is 2. The third kappa shape index (κ3) is 3.54. The first kappa shape index (κ1) is 19.6. The first-order chi connectivity index (χ1) is 13.7. The summed E-state index contributed by atoms with van der Waals surface area (Å²) in [5.41, 5.74) is 1.43. The highest BCUT2D eigenvalue weighted by Crippen LogP contribution is 2.26. The lowest BCUT2D eigenvalue weighted by Gasteiger charge is -2.18. The van der Waals surface area contributed by atoms with Crippen LogP contribution in [0, 0.1) is 5.92 Å². The molecular formula is C22H23ClN4O2. The van der Waals surface area contributed by atoms with E-state index in [1.807, 2.05) is 53.4 Å². The molecule has 0 saturated carbocycles. The molecule has 0 radical (unpaired) electrons. The van der Waals surface area contributed by atoms with Gasteiger partial charge in [0.2, 0.25) is 5.91 Å². The Kier molecular flexibility index (Phi) is 5.39.